The zero-order chi connectivity index (χ0) is 24.3. The van der Waals surface area contributed by atoms with Crippen molar-refractivity contribution in [3.63, 3.8) is 0 Å². The maximum atomic E-state index is 13.0. The third-order valence-electron chi connectivity index (χ3n) is 6.08. The Balaban J connectivity index is 1.41. The number of amides is 1. The van der Waals surface area contributed by atoms with Crippen molar-refractivity contribution in [1.82, 2.24) is 9.88 Å². The number of carbonyl (C=O) groups excluding carboxylic acids is 1. The summed E-state index contributed by atoms with van der Waals surface area (Å²) in [5.41, 5.74) is 4.45. The van der Waals surface area contributed by atoms with Gasteiger partial charge in [0.25, 0.3) is 5.91 Å². The Morgan fingerprint density at radius 1 is 1.00 bits per heavy atom. The van der Waals surface area contributed by atoms with E-state index in [0.717, 1.165) is 5.56 Å². The van der Waals surface area contributed by atoms with Gasteiger partial charge in [-0.1, -0.05) is 62.7 Å². The van der Waals surface area contributed by atoms with Gasteiger partial charge in [0.15, 0.2) is 0 Å². The molecule has 174 valence electrons. The van der Waals surface area contributed by atoms with Gasteiger partial charge in [0.1, 0.15) is 6.07 Å². The zero-order valence-corrected chi connectivity index (χ0v) is 20.2. The first kappa shape index (κ1) is 23.3. The van der Waals surface area contributed by atoms with Gasteiger partial charge in [-0.2, -0.15) is 10.2 Å². The number of rotatable bonds is 4. The molecule has 1 aliphatic rings. The Labute approximate surface area is 201 Å². The number of nitrogens with zero attached hydrogens (tertiary/aromatic N) is 4. The third-order valence-corrected chi connectivity index (χ3v) is 6.08. The van der Waals surface area contributed by atoms with Crippen LogP contribution in [0, 0.1) is 18.3 Å². The molecule has 1 amide bonds. The summed E-state index contributed by atoms with van der Waals surface area (Å²) in [7, 11) is 0. The lowest BCUT2D eigenvalue weighted by molar-refractivity contribution is 0.0745. The molecule has 2 aromatic carbocycles. The molecule has 1 saturated heterocycles. The topological polar surface area (TPSA) is 73.4 Å². The van der Waals surface area contributed by atoms with Crippen molar-refractivity contribution in [3.05, 3.63) is 82.4 Å². The molecule has 0 spiro atoms. The van der Waals surface area contributed by atoms with E-state index < -0.39 is 0 Å². The molecular formula is C28H30N4O2. The minimum Gasteiger partial charge on any atom is -0.420 e. The SMILES string of the molecule is Cc1ccc(C=Cc2nc(C#N)c(N3CCN(C(=O)c4ccc(C(C)(C)C)cc4)CC3)o2)cc1. The molecule has 0 unspecified atom stereocenters. The largest absolute Gasteiger partial charge is 0.420 e. The number of carbonyl (C=O) groups is 1. The van der Waals surface area contributed by atoms with Crippen LogP contribution in [-0.4, -0.2) is 42.0 Å². The number of hydrogen-bond donors (Lipinski definition) is 0. The number of piperazine rings is 1. The molecule has 3 aromatic rings. The van der Waals surface area contributed by atoms with Gasteiger partial charge in [-0.25, -0.2) is 0 Å². The fourth-order valence-corrected chi connectivity index (χ4v) is 3.94. The Hall–Kier alpha value is -3.85. The first-order valence-electron chi connectivity index (χ1n) is 11.5. The van der Waals surface area contributed by atoms with E-state index in [1.54, 1.807) is 6.08 Å². The Morgan fingerprint density at radius 3 is 2.24 bits per heavy atom. The van der Waals surface area contributed by atoms with E-state index in [0.29, 0.717) is 43.5 Å². The van der Waals surface area contributed by atoms with Crippen molar-refractivity contribution in [2.45, 2.75) is 33.1 Å². The predicted octanol–water partition coefficient (Wildman–Crippen LogP) is 5.29. The highest BCUT2D eigenvalue weighted by molar-refractivity contribution is 5.94. The summed E-state index contributed by atoms with van der Waals surface area (Å²) in [6.07, 6.45) is 3.69. The van der Waals surface area contributed by atoms with Crippen molar-refractivity contribution >= 4 is 23.9 Å². The van der Waals surface area contributed by atoms with Crippen LogP contribution in [0.25, 0.3) is 12.2 Å². The summed E-state index contributed by atoms with van der Waals surface area (Å²) in [6, 6.07) is 18.1. The number of benzene rings is 2. The monoisotopic (exact) mass is 454 g/mol. The minimum absolute atomic E-state index is 0.0277. The predicted molar refractivity (Wildman–Crippen MR) is 135 cm³/mol. The second-order valence-corrected chi connectivity index (χ2v) is 9.67. The van der Waals surface area contributed by atoms with Crippen LogP contribution in [0.5, 0.6) is 0 Å². The number of hydrogen-bond acceptors (Lipinski definition) is 5. The fourth-order valence-electron chi connectivity index (χ4n) is 3.94. The van der Waals surface area contributed by atoms with Gasteiger partial charge in [0.05, 0.1) is 0 Å². The number of aryl methyl sites for hydroxylation is 1. The molecular weight excluding hydrogens is 424 g/mol. The zero-order valence-electron chi connectivity index (χ0n) is 20.2. The smallest absolute Gasteiger partial charge is 0.253 e. The lowest BCUT2D eigenvalue weighted by atomic mass is 9.86. The van der Waals surface area contributed by atoms with E-state index in [2.05, 4.69) is 31.8 Å². The number of oxazole rings is 1. The molecule has 6 heteroatoms. The lowest BCUT2D eigenvalue weighted by Gasteiger charge is -2.34. The van der Waals surface area contributed by atoms with E-state index in [-0.39, 0.29) is 17.0 Å². The number of aromatic nitrogens is 1. The van der Waals surface area contributed by atoms with Crippen molar-refractivity contribution < 1.29 is 9.21 Å². The van der Waals surface area contributed by atoms with Crippen LogP contribution in [0.15, 0.2) is 52.9 Å². The normalized spacial score (nSPS) is 14.4. The molecule has 0 saturated carbocycles. The molecule has 1 aliphatic heterocycles. The average molecular weight is 455 g/mol. The summed E-state index contributed by atoms with van der Waals surface area (Å²) in [4.78, 5) is 21.1. The summed E-state index contributed by atoms with van der Waals surface area (Å²) in [5.74, 6) is 0.886. The first-order valence-corrected chi connectivity index (χ1v) is 11.5. The summed E-state index contributed by atoms with van der Waals surface area (Å²) >= 11 is 0. The molecule has 0 bridgehead atoms. The highest BCUT2D eigenvalue weighted by Gasteiger charge is 2.26. The number of nitriles is 1. The van der Waals surface area contributed by atoms with Crippen LogP contribution in [0.4, 0.5) is 5.88 Å². The van der Waals surface area contributed by atoms with Crippen LogP contribution in [0.1, 0.15) is 59.4 Å². The molecule has 4 rings (SSSR count). The first-order chi connectivity index (χ1) is 16.2. The maximum Gasteiger partial charge on any atom is 0.253 e. The molecule has 0 N–H and O–H groups in total. The summed E-state index contributed by atoms with van der Waals surface area (Å²) in [5, 5.41) is 9.56. The third kappa shape index (κ3) is 5.20. The van der Waals surface area contributed by atoms with Crippen molar-refractivity contribution in [1.29, 1.82) is 5.26 Å². The van der Waals surface area contributed by atoms with Gasteiger partial charge in [-0.3, -0.25) is 4.79 Å². The van der Waals surface area contributed by atoms with Gasteiger partial charge >= 0.3 is 0 Å². The summed E-state index contributed by atoms with van der Waals surface area (Å²) < 4.78 is 5.92. The summed E-state index contributed by atoms with van der Waals surface area (Å²) in [6.45, 7) is 10.8. The number of anilines is 1. The van der Waals surface area contributed by atoms with Crippen LogP contribution < -0.4 is 4.90 Å². The van der Waals surface area contributed by atoms with Crippen molar-refractivity contribution in [3.8, 4) is 6.07 Å². The molecule has 2 heterocycles. The standard InChI is InChI=1S/C28H30N4O2/c1-20-5-7-21(8-6-20)9-14-25-30-24(19-29)27(34-25)32-17-15-31(16-18-32)26(33)22-10-12-23(13-11-22)28(2,3)4/h5-14H,15-18H2,1-4H3. The molecule has 6 nitrogen and oxygen atoms in total. The van der Waals surface area contributed by atoms with Crippen LogP contribution in [-0.2, 0) is 5.41 Å². The molecule has 1 fully saturated rings. The highest BCUT2D eigenvalue weighted by atomic mass is 16.4. The Morgan fingerprint density at radius 2 is 1.65 bits per heavy atom. The average Bonchev–Trinajstić information content (AvgIpc) is 3.26. The second kappa shape index (κ2) is 9.56. The quantitative estimate of drug-likeness (QED) is 0.536. The molecule has 0 atom stereocenters. The van der Waals surface area contributed by atoms with Gasteiger partial charge in [0.2, 0.25) is 17.5 Å². The van der Waals surface area contributed by atoms with Crippen LogP contribution in [0.3, 0.4) is 0 Å². The van der Waals surface area contributed by atoms with E-state index >= 15 is 0 Å². The van der Waals surface area contributed by atoms with Gasteiger partial charge in [0, 0.05) is 37.8 Å². The molecule has 34 heavy (non-hydrogen) atoms. The van der Waals surface area contributed by atoms with Crippen LogP contribution >= 0.6 is 0 Å². The Bertz CT molecular complexity index is 1220. The Kier molecular flexibility index (Phi) is 6.56. The van der Waals surface area contributed by atoms with Crippen molar-refractivity contribution in [2.75, 3.05) is 31.1 Å². The van der Waals surface area contributed by atoms with Crippen LogP contribution in [0.2, 0.25) is 0 Å². The second-order valence-electron chi connectivity index (χ2n) is 9.67. The molecule has 0 aliphatic carbocycles. The molecule has 1 aromatic heterocycles. The highest BCUT2D eigenvalue weighted by Crippen LogP contribution is 2.26. The van der Waals surface area contributed by atoms with Crippen molar-refractivity contribution in [2.24, 2.45) is 0 Å². The van der Waals surface area contributed by atoms with E-state index in [1.807, 2.05) is 71.3 Å². The fraction of sp³-hybridized carbons (Fsp3) is 0.321. The van der Waals surface area contributed by atoms with E-state index in [9.17, 15) is 10.1 Å². The van der Waals surface area contributed by atoms with Gasteiger partial charge in [-0.15, -0.1) is 0 Å². The minimum atomic E-state index is 0.0277. The van der Waals surface area contributed by atoms with Gasteiger partial charge < -0.3 is 14.2 Å². The van der Waals surface area contributed by atoms with Gasteiger partial charge in [-0.05, 0) is 41.7 Å². The maximum absolute atomic E-state index is 13.0. The molecule has 0 radical (unpaired) electrons. The van der Waals surface area contributed by atoms with E-state index in [1.165, 1.54) is 11.1 Å². The van der Waals surface area contributed by atoms with E-state index in [4.69, 9.17) is 4.42 Å². The lowest BCUT2D eigenvalue weighted by Crippen LogP contribution is -2.48.